The summed E-state index contributed by atoms with van der Waals surface area (Å²) in [4.78, 5) is 33.0. The minimum Gasteiger partial charge on any atom is -0.496 e. The van der Waals surface area contributed by atoms with Gasteiger partial charge in [0, 0.05) is 30.3 Å². The minimum absolute atomic E-state index is 0.213. The second-order valence-corrected chi connectivity index (χ2v) is 9.38. The van der Waals surface area contributed by atoms with Crippen LogP contribution in [-0.4, -0.2) is 48.5 Å². The number of nitrogens with zero attached hydrogens (tertiary/aromatic N) is 2. The van der Waals surface area contributed by atoms with Crippen molar-refractivity contribution < 1.29 is 23.8 Å². The van der Waals surface area contributed by atoms with E-state index in [-0.39, 0.29) is 11.8 Å². The predicted molar refractivity (Wildman–Crippen MR) is 130 cm³/mol. The number of rotatable bonds is 7. The molecule has 1 aromatic heterocycles. The van der Waals surface area contributed by atoms with Crippen molar-refractivity contribution in [2.24, 2.45) is 5.92 Å². The van der Waals surface area contributed by atoms with Crippen molar-refractivity contribution in [3.05, 3.63) is 53.4 Å². The molecule has 0 saturated heterocycles. The molecule has 1 saturated carbocycles. The predicted octanol–water partition coefficient (Wildman–Crippen LogP) is 4.11. The zero-order valence-electron chi connectivity index (χ0n) is 20.2. The molecule has 8 heteroatoms. The van der Waals surface area contributed by atoms with Crippen molar-refractivity contribution in [1.29, 1.82) is 0 Å². The van der Waals surface area contributed by atoms with E-state index in [0.29, 0.717) is 54.1 Å². The van der Waals surface area contributed by atoms with E-state index < -0.39 is 6.04 Å². The first-order chi connectivity index (χ1) is 17.1. The van der Waals surface area contributed by atoms with Crippen molar-refractivity contribution in [1.82, 2.24) is 9.88 Å². The quantitative estimate of drug-likeness (QED) is 0.646. The summed E-state index contributed by atoms with van der Waals surface area (Å²) in [5, 5.41) is 2.92. The number of pyridine rings is 1. The number of aromatic nitrogens is 1. The lowest BCUT2D eigenvalue weighted by Gasteiger charge is -2.31. The average Bonchev–Trinajstić information content (AvgIpc) is 3.21. The molecule has 2 amide bonds. The Balaban J connectivity index is 1.41. The number of methoxy groups -OCH3 is 2. The number of anilines is 1. The topological polar surface area (TPSA) is 90.0 Å². The van der Waals surface area contributed by atoms with Gasteiger partial charge >= 0.3 is 0 Å². The van der Waals surface area contributed by atoms with E-state index in [4.69, 9.17) is 14.2 Å². The average molecular weight is 478 g/mol. The molecule has 1 atom stereocenters. The maximum atomic E-state index is 13.6. The Kier molecular flexibility index (Phi) is 6.61. The maximum absolute atomic E-state index is 13.6. The fraction of sp³-hybridized carbons (Fsp3) is 0.444. The number of hydrogen-bond donors (Lipinski definition) is 1. The molecule has 184 valence electrons. The van der Waals surface area contributed by atoms with Crippen molar-refractivity contribution in [2.45, 2.75) is 51.0 Å². The molecule has 5 rings (SSSR count). The summed E-state index contributed by atoms with van der Waals surface area (Å²) in [5.41, 5.74) is 1.70. The molecule has 3 heterocycles. The first-order valence-corrected chi connectivity index (χ1v) is 12.3. The van der Waals surface area contributed by atoms with Crippen molar-refractivity contribution in [3.8, 4) is 17.2 Å². The van der Waals surface area contributed by atoms with Crippen molar-refractivity contribution in [2.75, 3.05) is 26.1 Å². The van der Waals surface area contributed by atoms with E-state index >= 15 is 0 Å². The SMILES string of the molecule is COc1ccc(OC)c2c1CC1=C(O2)C(=O)N(C(CC2CCCCC2)C(=O)Nc2ccccn2)C1. The van der Waals surface area contributed by atoms with E-state index in [1.54, 1.807) is 43.5 Å². The van der Waals surface area contributed by atoms with Crippen LogP contribution < -0.4 is 19.5 Å². The Morgan fingerprint density at radius 2 is 1.91 bits per heavy atom. The van der Waals surface area contributed by atoms with Crippen molar-refractivity contribution >= 4 is 17.6 Å². The molecule has 1 aromatic carbocycles. The highest BCUT2D eigenvalue weighted by molar-refractivity contribution is 6.02. The number of nitrogens with one attached hydrogen (secondary N) is 1. The number of carbonyl (C=O) groups excluding carboxylic acids is 2. The van der Waals surface area contributed by atoms with Gasteiger partial charge in [-0.15, -0.1) is 0 Å². The largest absolute Gasteiger partial charge is 0.496 e. The van der Waals surface area contributed by atoms with Gasteiger partial charge in [0.15, 0.2) is 17.3 Å². The van der Waals surface area contributed by atoms with Crippen LogP contribution in [0.5, 0.6) is 17.2 Å². The number of fused-ring (bicyclic) bond motifs is 1. The van der Waals surface area contributed by atoms with E-state index in [9.17, 15) is 9.59 Å². The molecule has 2 aromatic rings. The standard InChI is InChI=1S/C27H31N3O5/c1-33-21-11-12-22(34-2)25-19(21)15-18-16-30(27(32)24(18)35-25)20(14-17-8-4-3-5-9-17)26(31)29-23-10-6-7-13-28-23/h6-7,10-13,17,20H,3-5,8-9,14-16H2,1-2H3,(H,28,29,31). The highest BCUT2D eigenvalue weighted by Crippen LogP contribution is 2.45. The number of carbonyl (C=O) groups is 2. The monoisotopic (exact) mass is 477 g/mol. The first kappa shape index (κ1) is 23.2. The normalized spacial score (nSPS) is 18.5. The lowest BCUT2D eigenvalue weighted by molar-refractivity contribution is -0.135. The molecule has 1 fully saturated rings. The van der Waals surface area contributed by atoms with Crippen LogP contribution in [0.3, 0.4) is 0 Å². The Labute approximate surface area is 205 Å². The number of amides is 2. The third-order valence-corrected chi connectivity index (χ3v) is 7.23. The Bertz CT molecular complexity index is 1140. The van der Waals surface area contributed by atoms with Crippen LogP contribution in [0.25, 0.3) is 0 Å². The van der Waals surface area contributed by atoms with Crippen LogP contribution in [0.2, 0.25) is 0 Å². The molecule has 8 nitrogen and oxygen atoms in total. The van der Waals surface area contributed by atoms with E-state index in [2.05, 4.69) is 10.3 Å². The molecule has 1 N–H and O–H groups in total. The molecule has 1 aliphatic carbocycles. The molecule has 2 aliphatic heterocycles. The van der Waals surface area contributed by atoms with Gasteiger partial charge in [0.2, 0.25) is 5.91 Å². The molecular formula is C27H31N3O5. The van der Waals surface area contributed by atoms with Gasteiger partial charge in [-0.2, -0.15) is 0 Å². The van der Waals surface area contributed by atoms with Crippen LogP contribution >= 0.6 is 0 Å². The summed E-state index contributed by atoms with van der Waals surface area (Å²) in [5.74, 6) is 2.45. The fourth-order valence-electron chi connectivity index (χ4n) is 5.43. The van der Waals surface area contributed by atoms with E-state index in [1.165, 1.54) is 19.3 Å². The summed E-state index contributed by atoms with van der Waals surface area (Å²) in [6, 6.07) is 8.39. The Hall–Kier alpha value is -3.55. The Morgan fingerprint density at radius 3 is 2.63 bits per heavy atom. The number of ether oxygens (including phenoxy) is 3. The second-order valence-electron chi connectivity index (χ2n) is 9.38. The smallest absolute Gasteiger partial charge is 0.290 e. The summed E-state index contributed by atoms with van der Waals surface area (Å²) in [7, 11) is 3.18. The molecule has 0 bridgehead atoms. The van der Waals surface area contributed by atoms with Gasteiger partial charge in [0.1, 0.15) is 17.6 Å². The lowest BCUT2D eigenvalue weighted by Crippen LogP contribution is -2.47. The Morgan fingerprint density at radius 1 is 1.14 bits per heavy atom. The highest BCUT2D eigenvalue weighted by Gasteiger charge is 2.43. The van der Waals surface area contributed by atoms with Crippen LogP contribution in [0.4, 0.5) is 5.82 Å². The van der Waals surface area contributed by atoms with Crippen LogP contribution in [0.1, 0.15) is 44.1 Å². The third kappa shape index (κ3) is 4.57. The van der Waals surface area contributed by atoms with Gasteiger partial charge in [0.25, 0.3) is 5.91 Å². The molecule has 1 unspecified atom stereocenters. The molecule has 35 heavy (non-hydrogen) atoms. The highest BCUT2D eigenvalue weighted by atomic mass is 16.5. The van der Waals surface area contributed by atoms with E-state index in [0.717, 1.165) is 24.0 Å². The van der Waals surface area contributed by atoms with Crippen LogP contribution in [-0.2, 0) is 16.0 Å². The maximum Gasteiger partial charge on any atom is 0.290 e. The summed E-state index contributed by atoms with van der Waals surface area (Å²) >= 11 is 0. The van der Waals surface area contributed by atoms with Crippen molar-refractivity contribution in [3.63, 3.8) is 0 Å². The van der Waals surface area contributed by atoms with Gasteiger partial charge in [-0.1, -0.05) is 38.2 Å². The number of hydrogen-bond acceptors (Lipinski definition) is 6. The zero-order valence-corrected chi connectivity index (χ0v) is 20.2. The third-order valence-electron chi connectivity index (χ3n) is 7.23. The molecule has 3 aliphatic rings. The van der Waals surface area contributed by atoms with Crippen LogP contribution in [0, 0.1) is 5.92 Å². The van der Waals surface area contributed by atoms with Gasteiger partial charge in [-0.25, -0.2) is 4.98 Å². The second kappa shape index (κ2) is 9.98. The van der Waals surface area contributed by atoms with Crippen LogP contribution in [0.15, 0.2) is 47.9 Å². The summed E-state index contributed by atoms with van der Waals surface area (Å²) in [6.07, 6.45) is 8.50. The van der Waals surface area contributed by atoms with E-state index in [1.807, 2.05) is 12.1 Å². The van der Waals surface area contributed by atoms with Gasteiger partial charge in [0.05, 0.1) is 14.2 Å². The summed E-state index contributed by atoms with van der Waals surface area (Å²) in [6.45, 7) is 0.348. The van der Waals surface area contributed by atoms with Gasteiger partial charge in [-0.3, -0.25) is 9.59 Å². The van der Waals surface area contributed by atoms with Gasteiger partial charge < -0.3 is 24.4 Å². The molecule has 0 spiro atoms. The molecular weight excluding hydrogens is 446 g/mol. The lowest BCUT2D eigenvalue weighted by atomic mass is 9.84. The van der Waals surface area contributed by atoms with Gasteiger partial charge in [-0.05, 0) is 36.6 Å². The number of benzene rings is 1. The zero-order chi connectivity index (χ0) is 24.4. The first-order valence-electron chi connectivity index (χ1n) is 12.3. The molecule has 0 radical (unpaired) electrons. The summed E-state index contributed by atoms with van der Waals surface area (Å²) < 4.78 is 17.2. The fourth-order valence-corrected chi connectivity index (χ4v) is 5.43. The minimum atomic E-state index is -0.603.